The Morgan fingerprint density at radius 2 is 1.90 bits per heavy atom. The lowest BCUT2D eigenvalue weighted by Gasteiger charge is -2.09. The molecule has 4 rings (SSSR count). The number of urea groups is 1. The van der Waals surface area contributed by atoms with Crippen LogP contribution >= 0.6 is 27.5 Å². The molecular weight excluding hydrogens is 484 g/mol. The van der Waals surface area contributed by atoms with Crippen LogP contribution < -0.4 is 16.0 Å². The molecule has 0 aliphatic carbocycles. The molecule has 0 aliphatic heterocycles. The molecule has 0 unspecified atom stereocenters. The van der Waals surface area contributed by atoms with Gasteiger partial charge < -0.3 is 20.9 Å². The highest BCUT2D eigenvalue weighted by Gasteiger charge is 2.10. The smallest absolute Gasteiger partial charge is 0.319 e. The van der Waals surface area contributed by atoms with E-state index in [2.05, 4.69) is 46.8 Å². The summed E-state index contributed by atoms with van der Waals surface area (Å²) in [4.78, 5) is 36.4. The quantitative estimate of drug-likeness (QED) is 0.311. The van der Waals surface area contributed by atoms with E-state index >= 15 is 0 Å². The minimum absolute atomic E-state index is 0.218. The number of hydrogen-bond donors (Lipinski definition) is 4. The fourth-order valence-electron chi connectivity index (χ4n) is 2.85. The number of imidazole rings is 1. The van der Waals surface area contributed by atoms with Gasteiger partial charge in [0.25, 0.3) is 5.91 Å². The maximum absolute atomic E-state index is 12.4. The average Bonchev–Trinajstić information content (AvgIpc) is 3.19. The van der Waals surface area contributed by atoms with Crippen molar-refractivity contribution < 1.29 is 9.59 Å². The van der Waals surface area contributed by atoms with Gasteiger partial charge in [-0.1, -0.05) is 23.7 Å². The lowest BCUT2D eigenvalue weighted by Crippen LogP contribution is -2.28. The summed E-state index contributed by atoms with van der Waals surface area (Å²) in [5.41, 5.74) is 2.52. The average molecular weight is 500 g/mol. The van der Waals surface area contributed by atoms with Gasteiger partial charge in [-0.05, 0) is 58.4 Å². The molecule has 2 aromatic carbocycles. The fraction of sp³-hybridized carbons (Fsp3) is 0.0476. The zero-order chi connectivity index (χ0) is 21.8. The van der Waals surface area contributed by atoms with Gasteiger partial charge in [0.1, 0.15) is 17.2 Å². The van der Waals surface area contributed by atoms with Gasteiger partial charge in [-0.25, -0.2) is 14.8 Å². The third kappa shape index (κ3) is 5.19. The van der Waals surface area contributed by atoms with E-state index in [0.717, 1.165) is 15.5 Å². The zero-order valence-electron chi connectivity index (χ0n) is 15.9. The Bertz CT molecular complexity index is 1260. The van der Waals surface area contributed by atoms with Crippen LogP contribution in [0.15, 0.2) is 65.3 Å². The highest BCUT2D eigenvalue weighted by atomic mass is 79.9. The van der Waals surface area contributed by atoms with E-state index in [4.69, 9.17) is 11.6 Å². The molecule has 0 saturated carbocycles. The highest BCUT2D eigenvalue weighted by molar-refractivity contribution is 9.10. The third-order valence-corrected chi connectivity index (χ3v) is 5.14. The third-order valence-electron chi connectivity index (χ3n) is 4.28. The number of aromatic amines is 1. The van der Waals surface area contributed by atoms with Crippen molar-refractivity contribution in [1.29, 1.82) is 0 Å². The van der Waals surface area contributed by atoms with Crippen LogP contribution in [0.1, 0.15) is 16.2 Å². The van der Waals surface area contributed by atoms with Crippen LogP contribution in [0.2, 0.25) is 5.02 Å². The Morgan fingerprint density at radius 3 is 2.68 bits per heavy atom. The number of carbonyl (C=O) groups is 2. The molecule has 8 nitrogen and oxygen atoms in total. The van der Waals surface area contributed by atoms with Gasteiger partial charge in [0.15, 0.2) is 0 Å². The van der Waals surface area contributed by atoms with E-state index < -0.39 is 6.03 Å². The van der Waals surface area contributed by atoms with E-state index in [1.54, 1.807) is 36.4 Å². The number of fused-ring (bicyclic) bond motifs is 1. The Hall–Kier alpha value is -3.43. The van der Waals surface area contributed by atoms with Crippen LogP contribution in [0.25, 0.3) is 11.0 Å². The van der Waals surface area contributed by atoms with E-state index in [1.807, 2.05) is 18.2 Å². The van der Waals surface area contributed by atoms with Gasteiger partial charge in [0.2, 0.25) is 0 Å². The number of para-hydroxylation sites is 1. The van der Waals surface area contributed by atoms with Gasteiger partial charge >= 0.3 is 6.03 Å². The number of rotatable bonds is 5. The van der Waals surface area contributed by atoms with Crippen LogP contribution in [-0.4, -0.2) is 26.9 Å². The van der Waals surface area contributed by atoms with Crippen molar-refractivity contribution in [3.8, 4) is 0 Å². The standard InChI is InChI=1S/C21H16BrClN6O2/c22-15-5-2-6-16-19(15)28-18(27-16)11-25-21(31)26-14-4-1-3-12(9-14)20(30)29-17-8-7-13(23)10-24-17/h1-10H,11H2,(H,27,28)(H,24,29,30)(H2,25,26,31). The summed E-state index contributed by atoms with van der Waals surface area (Å²) in [5.74, 6) is 0.648. The monoisotopic (exact) mass is 498 g/mol. The fourth-order valence-corrected chi connectivity index (χ4v) is 3.41. The number of amides is 3. The maximum atomic E-state index is 12.4. The van der Waals surface area contributed by atoms with Crippen LogP contribution in [0.5, 0.6) is 0 Å². The van der Waals surface area contributed by atoms with Gasteiger partial charge in [0.05, 0.1) is 17.1 Å². The molecule has 3 amide bonds. The van der Waals surface area contributed by atoms with Crippen LogP contribution in [0.3, 0.4) is 0 Å². The van der Waals surface area contributed by atoms with Crippen LogP contribution in [-0.2, 0) is 6.54 Å². The predicted octanol–water partition coefficient (Wildman–Crippen LogP) is 4.95. The van der Waals surface area contributed by atoms with Crippen molar-refractivity contribution in [2.24, 2.45) is 0 Å². The molecule has 4 N–H and O–H groups in total. The number of pyridine rings is 1. The molecular formula is C21H16BrClN6O2. The molecule has 0 spiro atoms. The van der Waals surface area contributed by atoms with Crippen molar-refractivity contribution in [1.82, 2.24) is 20.3 Å². The molecule has 0 bridgehead atoms. The number of hydrogen-bond acceptors (Lipinski definition) is 4. The number of H-pyrrole nitrogens is 1. The predicted molar refractivity (Wildman–Crippen MR) is 123 cm³/mol. The minimum atomic E-state index is -0.420. The summed E-state index contributed by atoms with van der Waals surface area (Å²) in [6.45, 7) is 0.218. The Balaban J connectivity index is 1.36. The van der Waals surface area contributed by atoms with E-state index in [-0.39, 0.29) is 12.5 Å². The second kappa shape index (κ2) is 9.15. The first-order valence-electron chi connectivity index (χ1n) is 9.19. The number of aromatic nitrogens is 3. The lowest BCUT2D eigenvalue weighted by molar-refractivity contribution is 0.102. The number of halogens is 2. The SMILES string of the molecule is O=C(NCc1nc2c(Br)cccc2[nH]1)Nc1cccc(C(=O)Nc2ccc(Cl)cn2)c1. The number of anilines is 2. The van der Waals surface area contributed by atoms with Crippen molar-refractivity contribution in [3.05, 3.63) is 81.7 Å². The van der Waals surface area contributed by atoms with Crippen molar-refractivity contribution in [3.63, 3.8) is 0 Å². The maximum Gasteiger partial charge on any atom is 0.319 e. The number of nitrogens with one attached hydrogen (secondary N) is 4. The summed E-state index contributed by atoms with van der Waals surface area (Å²) in [6.07, 6.45) is 1.44. The van der Waals surface area contributed by atoms with Gasteiger partial charge in [-0.15, -0.1) is 0 Å². The molecule has 0 aliphatic rings. The first kappa shape index (κ1) is 20.8. The van der Waals surface area contributed by atoms with Crippen molar-refractivity contribution >= 4 is 62.0 Å². The second-order valence-corrected chi connectivity index (χ2v) is 7.81. The second-order valence-electron chi connectivity index (χ2n) is 6.52. The van der Waals surface area contributed by atoms with E-state index in [9.17, 15) is 9.59 Å². The summed E-state index contributed by atoms with van der Waals surface area (Å²) < 4.78 is 0.876. The van der Waals surface area contributed by atoms with Gasteiger partial charge in [-0.3, -0.25) is 4.79 Å². The summed E-state index contributed by atoms with van der Waals surface area (Å²) in [5, 5.41) is 8.60. The minimum Gasteiger partial charge on any atom is -0.340 e. The number of benzene rings is 2. The number of nitrogens with zero attached hydrogens (tertiary/aromatic N) is 2. The highest BCUT2D eigenvalue weighted by Crippen LogP contribution is 2.21. The van der Waals surface area contributed by atoms with Gasteiger partial charge in [0, 0.05) is 21.9 Å². The van der Waals surface area contributed by atoms with E-state index in [0.29, 0.717) is 27.9 Å². The molecule has 31 heavy (non-hydrogen) atoms. The summed E-state index contributed by atoms with van der Waals surface area (Å²) >= 11 is 9.25. The Kier molecular flexibility index (Phi) is 6.15. The molecule has 0 fully saturated rings. The Labute approximate surface area is 190 Å². The molecule has 0 saturated heterocycles. The van der Waals surface area contributed by atoms with Gasteiger partial charge in [-0.2, -0.15) is 0 Å². The van der Waals surface area contributed by atoms with Crippen molar-refractivity contribution in [2.45, 2.75) is 6.54 Å². The first-order chi connectivity index (χ1) is 15.0. The molecule has 4 aromatic rings. The normalized spacial score (nSPS) is 10.6. The molecule has 0 atom stereocenters. The largest absolute Gasteiger partial charge is 0.340 e. The molecule has 2 aromatic heterocycles. The molecule has 2 heterocycles. The van der Waals surface area contributed by atoms with Crippen LogP contribution in [0.4, 0.5) is 16.3 Å². The molecule has 0 radical (unpaired) electrons. The first-order valence-corrected chi connectivity index (χ1v) is 10.4. The summed E-state index contributed by atoms with van der Waals surface area (Å²) in [7, 11) is 0. The molecule has 156 valence electrons. The lowest BCUT2D eigenvalue weighted by atomic mass is 10.2. The number of carbonyl (C=O) groups excluding carboxylic acids is 2. The van der Waals surface area contributed by atoms with Crippen LogP contribution in [0, 0.1) is 0 Å². The summed E-state index contributed by atoms with van der Waals surface area (Å²) in [6, 6.07) is 15.1. The van der Waals surface area contributed by atoms with E-state index in [1.165, 1.54) is 6.20 Å². The topological polar surface area (TPSA) is 112 Å². The molecule has 10 heteroatoms. The zero-order valence-corrected chi connectivity index (χ0v) is 18.3. The van der Waals surface area contributed by atoms with Crippen molar-refractivity contribution in [2.75, 3.05) is 10.6 Å². The Morgan fingerprint density at radius 1 is 1.06 bits per heavy atom.